The Bertz CT molecular complexity index is 1090. The number of aromatic nitrogens is 4. The van der Waals surface area contributed by atoms with E-state index in [1.54, 1.807) is 27.2 Å². The highest BCUT2D eigenvalue weighted by Crippen LogP contribution is 2.44. The molecular weight excluding hydrogens is 386 g/mol. The number of benzene rings is 2. The second kappa shape index (κ2) is 8.24. The minimum atomic E-state index is -0.685. The molecule has 1 unspecified atom stereocenters. The number of tetrazole rings is 1. The largest absolute Gasteiger partial charge is 0.493 e. The summed E-state index contributed by atoms with van der Waals surface area (Å²) in [5.41, 5.74) is 2.42. The molecule has 1 atom stereocenters. The smallest absolute Gasteiger partial charge is 0.338 e. The Hall–Kier alpha value is -3.88. The Morgan fingerprint density at radius 1 is 1.10 bits per heavy atom. The van der Waals surface area contributed by atoms with Gasteiger partial charge in [-0.1, -0.05) is 47.6 Å². The molecule has 0 aliphatic carbocycles. The normalized spacial score (nSPS) is 15.2. The highest BCUT2D eigenvalue weighted by atomic mass is 16.5. The Labute approximate surface area is 173 Å². The lowest BCUT2D eigenvalue weighted by atomic mass is 9.92. The van der Waals surface area contributed by atoms with Crippen molar-refractivity contribution in [2.24, 2.45) is 0 Å². The molecule has 0 saturated carbocycles. The van der Waals surface area contributed by atoms with Crippen molar-refractivity contribution in [1.29, 1.82) is 0 Å². The minimum Gasteiger partial charge on any atom is -0.493 e. The van der Waals surface area contributed by atoms with E-state index in [-0.39, 0.29) is 6.61 Å². The summed E-state index contributed by atoms with van der Waals surface area (Å²) >= 11 is 0. The Morgan fingerprint density at radius 2 is 1.90 bits per heavy atom. The first-order chi connectivity index (χ1) is 14.7. The SMILES string of the molecule is CCOC(=O)C1=C(c2ccccc2)Nc2nnnn2C1c1cccc(OC)c1OC. The summed E-state index contributed by atoms with van der Waals surface area (Å²) in [6, 6.07) is 14.3. The van der Waals surface area contributed by atoms with Crippen LogP contribution in [0.3, 0.4) is 0 Å². The number of ether oxygens (including phenoxy) is 3. The predicted molar refractivity (Wildman–Crippen MR) is 109 cm³/mol. The topological polar surface area (TPSA) is 100 Å². The third-order valence-electron chi connectivity index (χ3n) is 4.80. The summed E-state index contributed by atoms with van der Waals surface area (Å²) in [6.07, 6.45) is 0. The van der Waals surface area contributed by atoms with Gasteiger partial charge in [0.1, 0.15) is 6.04 Å². The molecule has 1 aromatic heterocycles. The van der Waals surface area contributed by atoms with Crippen molar-refractivity contribution in [3.63, 3.8) is 0 Å². The van der Waals surface area contributed by atoms with E-state index in [2.05, 4.69) is 20.8 Å². The fourth-order valence-electron chi connectivity index (χ4n) is 3.56. The Morgan fingerprint density at radius 3 is 2.60 bits per heavy atom. The third kappa shape index (κ3) is 3.24. The number of carbonyl (C=O) groups is 1. The van der Waals surface area contributed by atoms with Crippen molar-refractivity contribution in [3.8, 4) is 11.5 Å². The summed E-state index contributed by atoms with van der Waals surface area (Å²) in [5.74, 6) is 0.951. The van der Waals surface area contributed by atoms with Gasteiger partial charge < -0.3 is 19.5 Å². The van der Waals surface area contributed by atoms with Crippen LogP contribution in [0.25, 0.3) is 5.70 Å². The number of para-hydroxylation sites is 1. The van der Waals surface area contributed by atoms with Crippen LogP contribution < -0.4 is 14.8 Å². The lowest BCUT2D eigenvalue weighted by Gasteiger charge is -2.29. The lowest BCUT2D eigenvalue weighted by molar-refractivity contribution is -0.138. The van der Waals surface area contributed by atoms with Crippen molar-refractivity contribution in [3.05, 3.63) is 65.2 Å². The van der Waals surface area contributed by atoms with Gasteiger partial charge in [0.15, 0.2) is 11.5 Å². The van der Waals surface area contributed by atoms with E-state index >= 15 is 0 Å². The van der Waals surface area contributed by atoms with E-state index in [0.29, 0.717) is 34.3 Å². The maximum Gasteiger partial charge on any atom is 0.338 e. The summed E-state index contributed by atoms with van der Waals surface area (Å²) in [6.45, 7) is 2.00. The van der Waals surface area contributed by atoms with Gasteiger partial charge in [-0.15, -0.1) is 0 Å². The molecule has 30 heavy (non-hydrogen) atoms. The van der Waals surface area contributed by atoms with E-state index in [1.165, 1.54) is 4.68 Å². The molecule has 1 N–H and O–H groups in total. The van der Waals surface area contributed by atoms with Crippen LogP contribution >= 0.6 is 0 Å². The zero-order chi connectivity index (χ0) is 21.1. The standard InChI is InChI=1S/C21H21N5O4/c1-4-30-20(27)16-17(13-9-6-5-7-10-13)22-21-23-24-25-26(21)18(16)14-11-8-12-15(28-2)19(14)29-3/h5-12,18H,4H2,1-3H3,(H,22,23,25). The number of rotatable bonds is 6. The molecule has 9 nitrogen and oxygen atoms in total. The average molecular weight is 407 g/mol. The molecule has 154 valence electrons. The van der Waals surface area contributed by atoms with Crippen molar-refractivity contribution in [1.82, 2.24) is 20.2 Å². The van der Waals surface area contributed by atoms with Crippen LogP contribution in [-0.4, -0.2) is 47.0 Å². The van der Waals surface area contributed by atoms with E-state index < -0.39 is 12.0 Å². The summed E-state index contributed by atoms with van der Waals surface area (Å²) in [4.78, 5) is 13.2. The summed E-state index contributed by atoms with van der Waals surface area (Å²) in [5, 5.41) is 15.2. The summed E-state index contributed by atoms with van der Waals surface area (Å²) < 4.78 is 18.1. The fourth-order valence-corrected chi connectivity index (χ4v) is 3.56. The van der Waals surface area contributed by atoms with E-state index in [1.807, 2.05) is 42.5 Å². The molecule has 2 heterocycles. The number of methoxy groups -OCH3 is 2. The third-order valence-corrected chi connectivity index (χ3v) is 4.80. The van der Waals surface area contributed by atoms with Crippen LogP contribution in [0, 0.1) is 0 Å². The molecule has 1 aliphatic rings. The summed E-state index contributed by atoms with van der Waals surface area (Å²) in [7, 11) is 3.11. The first kappa shape index (κ1) is 19.4. The van der Waals surface area contributed by atoms with Gasteiger partial charge in [-0.2, -0.15) is 4.68 Å². The van der Waals surface area contributed by atoms with Gasteiger partial charge in [0, 0.05) is 5.56 Å². The maximum absolute atomic E-state index is 13.2. The van der Waals surface area contributed by atoms with Crippen molar-refractivity contribution in [2.75, 3.05) is 26.1 Å². The van der Waals surface area contributed by atoms with Gasteiger partial charge >= 0.3 is 5.97 Å². The number of carbonyl (C=O) groups excluding carboxylic acids is 1. The highest BCUT2D eigenvalue weighted by Gasteiger charge is 2.38. The second-order valence-corrected chi connectivity index (χ2v) is 6.43. The van der Waals surface area contributed by atoms with Crippen LogP contribution in [0.15, 0.2) is 54.1 Å². The molecule has 0 amide bonds. The number of nitrogens with one attached hydrogen (secondary N) is 1. The molecule has 2 aromatic carbocycles. The van der Waals surface area contributed by atoms with Crippen LogP contribution in [0.4, 0.5) is 5.95 Å². The van der Waals surface area contributed by atoms with Gasteiger partial charge in [0.25, 0.3) is 0 Å². The molecule has 1 aliphatic heterocycles. The van der Waals surface area contributed by atoms with E-state index in [0.717, 1.165) is 5.56 Å². The molecule has 0 saturated heterocycles. The van der Waals surface area contributed by atoms with Crippen LogP contribution in [0.5, 0.6) is 11.5 Å². The molecule has 0 radical (unpaired) electrons. The van der Waals surface area contributed by atoms with Gasteiger partial charge in [0.2, 0.25) is 5.95 Å². The number of nitrogens with zero attached hydrogens (tertiary/aromatic N) is 4. The molecule has 3 aromatic rings. The Balaban J connectivity index is 2.01. The first-order valence-corrected chi connectivity index (χ1v) is 9.42. The predicted octanol–water partition coefficient (Wildman–Crippen LogP) is 2.68. The Kier molecular flexibility index (Phi) is 5.34. The van der Waals surface area contributed by atoms with Crippen molar-refractivity contribution in [2.45, 2.75) is 13.0 Å². The number of esters is 1. The molecule has 4 rings (SSSR count). The van der Waals surface area contributed by atoms with E-state index in [4.69, 9.17) is 14.2 Å². The number of anilines is 1. The van der Waals surface area contributed by atoms with Gasteiger partial charge in [-0.25, -0.2) is 4.79 Å². The van der Waals surface area contributed by atoms with Crippen molar-refractivity contribution >= 4 is 17.6 Å². The molecule has 9 heteroatoms. The highest BCUT2D eigenvalue weighted by molar-refractivity contribution is 6.02. The van der Waals surface area contributed by atoms with Crippen LogP contribution in [-0.2, 0) is 9.53 Å². The van der Waals surface area contributed by atoms with Crippen LogP contribution in [0.1, 0.15) is 24.1 Å². The maximum atomic E-state index is 13.2. The molecule has 0 fully saturated rings. The monoisotopic (exact) mass is 407 g/mol. The van der Waals surface area contributed by atoms with E-state index in [9.17, 15) is 4.79 Å². The van der Waals surface area contributed by atoms with Crippen molar-refractivity contribution < 1.29 is 19.0 Å². The van der Waals surface area contributed by atoms with Gasteiger partial charge in [0.05, 0.1) is 32.1 Å². The van der Waals surface area contributed by atoms with Gasteiger partial charge in [-0.3, -0.25) is 0 Å². The average Bonchev–Trinajstić information content (AvgIpc) is 3.26. The second-order valence-electron chi connectivity index (χ2n) is 6.43. The molecule has 0 spiro atoms. The van der Waals surface area contributed by atoms with Gasteiger partial charge in [-0.05, 0) is 29.0 Å². The number of hydrogen-bond donors (Lipinski definition) is 1. The molecular formula is C21H21N5O4. The first-order valence-electron chi connectivity index (χ1n) is 9.42. The minimum absolute atomic E-state index is 0.231. The fraction of sp³-hybridized carbons (Fsp3) is 0.238. The zero-order valence-electron chi connectivity index (χ0n) is 16.8. The number of fused-ring (bicyclic) bond motifs is 1. The van der Waals surface area contributed by atoms with Crippen LogP contribution in [0.2, 0.25) is 0 Å². The lowest BCUT2D eigenvalue weighted by Crippen LogP contribution is -2.30. The zero-order valence-corrected chi connectivity index (χ0v) is 16.8. The number of hydrogen-bond acceptors (Lipinski definition) is 8. The molecule has 0 bridgehead atoms. The quantitative estimate of drug-likeness (QED) is 0.623.